The molecule has 5 nitrogen and oxygen atoms in total. The number of sulfonamides is 1. The van der Waals surface area contributed by atoms with E-state index in [0.29, 0.717) is 12.1 Å². The van der Waals surface area contributed by atoms with Gasteiger partial charge >= 0.3 is 0 Å². The fraction of sp³-hybridized carbons (Fsp3) is 0.267. The normalized spacial score (nSPS) is 11.3. The molecule has 0 fully saturated rings. The van der Waals surface area contributed by atoms with Crippen molar-refractivity contribution in [3.8, 4) is 0 Å². The summed E-state index contributed by atoms with van der Waals surface area (Å²) >= 11 is 1.64. The Hall–Kier alpha value is -1.70. The summed E-state index contributed by atoms with van der Waals surface area (Å²) in [5.74, 6) is -0.0320. The molecule has 0 aliphatic rings. The van der Waals surface area contributed by atoms with Crippen LogP contribution in [0.15, 0.2) is 41.8 Å². The number of hydrogen-bond acceptors (Lipinski definition) is 4. The zero-order valence-electron chi connectivity index (χ0n) is 12.2. The molecule has 22 heavy (non-hydrogen) atoms. The molecule has 0 aliphatic heterocycles. The molecule has 2 aromatic rings. The SMILES string of the molecule is CS(=O)(=O)NCc1ccc(NC(=O)CCc2cccs2)cc1. The third-order valence-electron chi connectivity index (χ3n) is 2.95. The highest BCUT2D eigenvalue weighted by atomic mass is 32.2. The first kappa shape index (κ1) is 16.7. The fourth-order valence-electron chi connectivity index (χ4n) is 1.84. The Morgan fingerprint density at radius 1 is 1.18 bits per heavy atom. The van der Waals surface area contributed by atoms with Crippen molar-refractivity contribution in [1.82, 2.24) is 4.72 Å². The lowest BCUT2D eigenvalue weighted by Crippen LogP contribution is -2.21. The van der Waals surface area contributed by atoms with Gasteiger partial charge in [0.1, 0.15) is 0 Å². The van der Waals surface area contributed by atoms with E-state index in [1.54, 1.807) is 35.6 Å². The predicted molar refractivity (Wildman–Crippen MR) is 89.4 cm³/mol. The summed E-state index contributed by atoms with van der Waals surface area (Å²) in [6.07, 6.45) is 2.30. The van der Waals surface area contributed by atoms with Gasteiger partial charge in [-0.2, -0.15) is 0 Å². The van der Waals surface area contributed by atoms with Crippen LogP contribution in [0.3, 0.4) is 0 Å². The molecule has 0 aliphatic carbocycles. The van der Waals surface area contributed by atoms with Crippen LogP contribution >= 0.6 is 11.3 Å². The van der Waals surface area contributed by atoms with Crippen molar-refractivity contribution >= 4 is 33.0 Å². The molecule has 0 unspecified atom stereocenters. The van der Waals surface area contributed by atoms with Gasteiger partial charge in [0.2, 0.25) is 15.9 Å². The summed E-state index contributed by atoms with van der Waals surface area (Å²) in [4.78, 5) is 13.0. The molecule has 1 heterocycles. The number of carbonyl (C=O) groups excluding carboxylic acids is 1. The second-order valence-electron chi connectivity index (χ2n) is 4.92. The van der Waals surface area contributed by atoms with E-state index >= 15 is 0 Å². The first-order valence-electron chi connectivity index (χ1n) is 6.78. The predicted octanol–water partition coefficient (Wildman–Crippen LogP) is 2.37. The van der Waals surface area contributed by atoms with Crippen molar-refractivity contribution in [3.05, 3.63) is 52.2 Å². The third-order valence-corrected chi connectivity index (χ3v) is 4.56. The number of aryl methyl sites for hydroxylation is 1. The number of nitrogens with one attached hydrogen (secondary N) is 2. The van der Waals surface area contributed by atoms with E-state index in [1.165, 1.54) is 4.88 Å². The van der Waals surface area contributed by atoms with E-state index in [0.717, 1.165) is 18.2 Å². The molecule has 1 aromatic carbocycles. The molecule has 0 bridgehead atoms. The summed E-state index contributed by atoms with van der Waals surface area (Å²) in [7, 11) is -3.20. The minimum absolute atomic E-state index is 0.0320. The van der Waals surface area contributed by atoms with Crippen molar-refractivity contribution in [2.24, 2.45) is 0 Å². The third kappa shape index (κ3) is 5.97. The number of benzene rings is 1. The van der Waals surface area contributed by atoms with Crippen LogP contribution in [0, 0.1) is 0 Å². The summed E-state index contributed by atoms with van der Waals surface area (Å²) in [6, 6.07) is 11.1. The van der Waals surface area contributed by atoms with E-state index in [2.05, 4.69) is 10.0 Å². The smallest absolute Gasteiger partial charge is 0.224 e. The average Bonchev–Trinajstić information content (AvgIpc) is 2.97. The van der Waals surface area contributed by atoms with E-state index in [9.17, 15) is 13.2 Å². The number of thiophene rings is 1. The molecule has 1 aromatic heterocycles. The van der Waals surface area contributed by atoms with Crippen LogP contribution in [0.1, 0.15) is 16.9 Å². The topological polar surface area (TPSA) is 75.3 Å². The number of hydrogen-bond donors (Lipinski definition) is 2. The van der Waals surface area contributed by atoms with Crippen molar-refractivity contribution in [2.45, 2.75) is 19.4 Å². The summed E-state index contributed by atoms with van der Waals surface area (Å²) in [5, 5.41) is 4.83. The van der Waals surface area contributed by atoms with Crippen LogP contribution < -0.4 is 10.0 Å². The molecule has 0 radical (unpaired) electrons. The Labute approximate surface area is 134 Å². The van der Waals surface area contributed by atoms with Gasteiger partial charge in [-0.1, -0.05) is 18.2 Å². The number of carbonyl (C=O) groups is 1. The quantitative estimate of drug-likeness (QED) is 0.814. The molecular formula is C15H18N2O3S2. The van der Waals surface area contributed by atoms with Crippen LogP contribution in [0.4, 0.5) is 5.69 Å². The maximum Gasteiger partial charge on any atom is 0.224 e. The lowest BCUT2D eigenvalue weighted by molar-refractivity contribution is -0.116. The molecule has 0 atom stereocenters. The van der Waals surface area contributed by atoms with Crippen molar-refractivity contribution in [3.63, 3.8) is 0 Å². The number of anilines is 1. The zero-order valence-corrected chi connectivity index (χ0v) is 13.8. The van der Waals surface area contributed by atoms with Gasteiger partial charge in [-0.05, 0) is 35.6 Å². The summed E-state index contributed by atoms with van der Waals surface area (Å²) in [6.45, 7) is 0.242. The molecule has 7 heteroatoms. The van der Waals surface area contributed by atoms with Gasteiger partial charge in [-0.3, -0.25) is 4.79 Å². The zero-order chi connectivity index (χ0) is 16.0. The van der Waals surface area contributed by atoms with E-state index in [1.807, 2.05) is 17.5 Å². The fourth-order valence-corrected chi connectivity index (χ4v) is 2.97. The maximum absolute atomic E-state index is 11.9. The molecular weight excluding hydrogens is 320 g/mol. The minimum Gasteiger partial charge on any atom is -0.326 e. The second-order valence-corrected chi connectivity index (χ2v) is 7.78. The van der Waals surface area contributed by atoms with Crippen LogP contribution in [0.2, 0.25) is 0 Å². The van der Waals surface area contributed by atoms with Gasteiger partial charge in [0, 0.05) is 23.5 Å². The number of rotatable bonds is 7. The monoisotopic (exact) mass is 338 g/mol. The van der Waals surface area contributed by atoms with Crippen molar-refractivity contribution in [1.29, 1.82) is 0 Å². The molecule has 0 saturated carbocycles. The standard InChI is InChI=1S/C15H18N2O3S2/c1-22(19,20)16-11-12-4-6-13(7-5-12)17-15(18)9-8-14-3-2-10-21-14/h2-7,10,16H,8-9,11H2,1H3,(H,17,18). The Morgan fingerprint density at radius 3 is 2.50 bits per heavy atom. The lowest BCUT2D eigenvalue weighted by Gasteiger charge is -2.07. The Bertz CT molecular complexity index is 708. The highest BCUT2D eigenvalue weighted by Crippen LogP contribution is 2.13. The Kier molecular flexibility index (Phi) is 5.70. The van der Waals surface area contributed by atoms with Crippen LogP contribution in [0.25, 0.3) is 0 Å². The van der Waals surface area contributed by atoms with Crippen molar-refractivity contribution < 1.29 is 13.2 Å². The average molecular weight is 338 g/mol. The highest BCUT2D eigenvalue weighted by molar-refractivity contribution is 7.88. The largest absolute Gasteiger partial charge is 0.326 e. The van der Waals surface area contributed by atoms with Gasteiger partial charge in [-0.25, -0.2) is 13.1 Å². The molecule has 1 amide bonds. The lowest BCUT2D eigenvalue weighted by atomic mass is 10.2. The van der Waals surface area contributed by atoms with Crippen LogP contribution in [-0.2, 0) is 27.8 Å². The van der Waals surface area contributed by atoms with Gasteiger partial charge in [0.25, 0.3) is 0 Å². The Morgan fingerprint density at radius 2 is 1.91 bits per heavy atom. The van der Waals surface area contributed by atoms with Gasteiger partial charge in [0.05, 0.1) is 6.26 Å². The van der Waals surface area contributed by atoms with Gasteiger partial charge in [-0.15, -0.1) is 11.3 Å². The Balaban J connectivity index is 1.81. The number of amides is 1. The molecule has 0 spiro atoms. The molecule has 0 saturated heterocycles. The first-order valence-corrected chi connectivity index (χ1v) is 9.55. The molecule has 2 N–H and O–H groups in total. The summed E-state index contributed by atoms with van der Waals surface area (Å²) < 4.78 is 24.5. The second kappa shape index (κ2) is 7.53. The van der Waals surface area contributed by atoms with Gasteiger partial charge in [0.15, 0.2) is 0 Å². The van der Waals surface area contributed by atoms with Crippen LogP contribution in [-0.4, -0.2) is 20.6 Å². The van der Waals surface area contributed by atoms with Crippen molar-refractivity contribution in [2.75, 3.05) is 11.6 Å². The first-order chi connectivity index (χ1) is 10.4. The highest BCUT2D eigenvalue weighted by Gasteiger charge is 2.05. The van der Waals surface area contributed by atoms with E-state index in [-0.39, 0.29) is 12.5 Å². The van der Waals surface area contributed by atoms with Crippen LogP contribution in [0.5, 0.6) is 0 Å². The molecule has 118 valence electrons. The summed E-state index contributed by atoms with van der Waals surface area (Å²) in [5.41, 5.74) is 1.54. The van der Waals surface area contributed by atoms with Gasteiger partial charge < -0.3 is 5.32 Å². The molecule has 2 rings (SSSR count). The van der Waals surface area contributed by atoms with E-state index in [4.69, 9.17) is 0 Å². The minimum atomic E-state index is -3.20. The van der Waals surface area contributed by atoms with E-state index < -0.39 is 10.0 Å². The maximum atomic E-state index is 11.9.